The molecule has 0 bridgehead atoms. The molecule has 0 aromatic carbocycles. The summed E-state index contributed by atoms with van der Waals surface area (Å²) in [7, 11) is -3.02. The van der Waals surface area contributed by atoms with Gasteiger partial charge in [-0.15, -0.1) is 11.3 Å². The summed E-state index contributed by atoms with van der Waals surface area (Å²) in [6.45, 7) is 3.15. The van der Waals surface area contributed by atoms with Crippen LogP contribution in [0, 0.1) is 6.92 Å². The molecule has 0 unspecified atom stereocenters. The smallest absolute Gasteiger partial charge is 0.233 e. The Morgan fingerprint density at radius 2 is 2.33 bits per heavy atom. The third-order valence-electron chi connectivity index (χ3n) is 4.31. The first-order chi connectivity index (χ1) is 11.4. The lowest BCUT2D eigenvalue weighted by Crippen LogP contribution is -2.46. The van der Waals surface area contributed by atoms with Gasteiger partial charge in [0.05, 0.1) is 23.4 Å². The molecule has 1 aromatic heterocycles. The average molecular weight is 391 g/mol. The van der Waals surface area contributed by atoms with Crippen molar-refractivity contribution in [3.05, 3.63) is 11.1 Å². The molecule has 2 atom stereocenters. The van der Waals surface area contributed by atoms with Gasteiger partial charge in [-0.2, -0.15) is 0 Å². The molecular formula is C15H22N2O4S3. The van der Waals surface area contributed by atoms with E-state index in [0.717, 1.165) is 29.5 Å². The first-order valence-corrected chi connectivity index (χ1v) is 11.8. The van der Waals surface area contributed by atoms with E-state index < -0.39 is 9.84 Å². The summed E-state index contributed by atoms with van der Waals surface area (Å²) in [5.41, 5.74) is 0.952. The number of nitrogens with zero attached hydrogens (tertiary/aromatic N) is 2. The van der Waals surface area contributed by atoms with Crippen molar-refractivity contribution in [3.63, 3.8) is 0 Å². The van der Waals surface area contributed by atoms with Crippen LogP contribution in [0.25, 0.3) is 0 Å². The molecule has 2 fully saturated rings. The van der Waals surface area contributed by atoms with Crippen LogP contribution < -0.4 is 0 Å². The lowest BCUT2D eigenvalue weighted by Gasteiger charge is -2.30. The first kappa shape index (κ1) is 18.2. The maximum absolute atomic E-state index is 12.7. The Kier molecular flexibility index (Phi) is 5.84. The topological polar surface area (TPSA) is 76.6 Å². The Balaban J connectivity index is 1.64. The highest BCUT2D eigenvalue weighted by molar-refractivity contribution is 8.01. The Morgan fingerprint density at radius 3 is 2.92 bits per heavy atom. The number of thioether (sulfide) groups is 1. The molecule has 0 spiro atoms. The second kappa shape index (κ2) is 7.72. The van der Waals surface area contributed by atoms with Crippen LogP contribution in [0.1, 0.15) is 25.0 Å². The number of carbonyl (C=O) groups is 1. The molecule has 2 aliphatic heterocycles. The Morgan fingerprint density at radius 1 is 1.50 bits per heavy atom. The zero-order valence-electron chi connectivity index (χ0n) is 13.6. The minimum absolute atomic E-state index is 0.0227. The second-order valence-electron chi connectivity index (χ2n) is 6.28. The lowest BCUT2D eigenvalue weighted by molar-refractivity contribution is -0.131. The second-order valence-corrected chi connectivity index (χ2v) is 10.6. The van der Waals surface area contributed by atoms with Crippen LogP contribution in [-0.2, 0) is 19.4 Å². The number of hydrogen-bond acceptors (Lipinski definition) is 7. The molecule has 134 valence electrons. The summed E-state index contributed by atoms with van der Waals surface area (Å²) in [6.07, 6.45) is 2.50. The fraction of sp³-hybridized carbons (Fsp3) is 0.733. The Labute approximate surface area is 150 Å². The number of amides is 1. The van der Waals surface area contributed by atoms with Gasteiger partial charge >= 0.3 is 0 Å². The number of thiazole rings is 1. The zero-order chi connectivity index (χ0) is 17.2. The van der Waals surface area contributed by atoms with E-state index in [-0.39, 0.29) is 35.3 Å². The van der Waals surface area contributed by atoms with Crippen LogP contribution in [0.3, 0.4) is 0 Å². The van der Waals surface area contributed by atoms with Gasteiger partial charge in [-0.3, -0.25) is 4.79 Å². The minimum Gasteiger partial charge on any atom is -0.376 e. The monoisotopic (exact) mass is 390 g/mol. The fourth-order valence-corrected chi connectivity index (χ4v) is 6.55. The van der Waals surface area contributed by atoms with Crippen molar-refractivity contribution in [2.45, 2.75) is 42.7 Å². The van der Waals surface area contributed by atoms with Crippen LogP contribution in [0.2, 0.25) is 0 Å². The fourth-order valence-electron chi connectivity index (χ4n) is 3.09. The molecule has 0 saturated carbocycles. The highest BCUT2D eigenvalue weighted by Crippen LogP contribution is 2.25. The van der Waals surface area contributed by atoms with Gasteiger partial charge in [-0.25, -0.2) is 13.4 Å². The highest BCUT2D eigenvalue weighted by atomic mass is 32.2. The third-order valence-corrected chi connectivity index (χ3v) is 8.18. The Bertz CT molecular complexity index is 683. The first-order valence-electron chi connectivity index (χ1n) is 8.09. The van der Waals surface area contributed by atoms with Gasteiger partial charge in [0.15, 0.2) is 14.2 Å². The van der Waals surface area contributed by atoms with Gasteiger partial charge in [0.2, 0.25) is 5.91 Å². The molecule has 0 N–H and O–H groups in total. The maximum Gasteiger partial charge on any atom is 0.233 e. The third kappa shape index (κ3) is 4.71. The van der Waals surface area contributed by atoms with E-state index in [1.54, 1.807) is 4.90 Å². The van der Waals surface area contributed by atoms with Gasteiger partial charge in [-0.05, 0) is 26.2 Å². The minimum atomic E-state index is -3.02. The van der Waals surface area contributed by atoms with Crippen LogP contribution in [0.5, 0.6) is 0 Å². The summed E-state index contributed by atoms with van der Waals surface area (Å²) in [5, 5.41) is 1.96. The molecule has 3 heterocycles. The highest BCUT2D eigenvalue weighted by Gasteiger charge is 2.36. The molecule has 1 aromatic rings. The van der Waals surface area contributed by atoms with E-state index in [9.17, 15) is 13.2 Å². The predicted molar refractivity (Wildman–Crippen MR) is 95.3 cm³/mol. The van der Waals surface area contributed by atoms with Crippen LogP contribution in [-0.4, -0.2) is 66.8 Å². The van der Waals surface area contributed by atoms with Gasteiger partial charge in [-0.1, -0.05) is 11.8 Å². The van der Waals surface area contributed by atoms with Crippen molar-refractivity contribution < 1.29 is 17.9 Å². The number of ether oxygens (including phenoxy) is 1. The van der Waals surface area contributed by atoms with Crippen molar-refractivity contribution in [1.29, 1.82) is 0 Å². The summed E-state index contributed by atoms with van der Waals surface area (Å²) >= 11 is 2.95. The summed E-state index contributed by atoms with van der Waals surface area (Å²) in [6, 6.07) is -0.217. The molecule has 3 rings (SSSR count). The number of aryl methyl sites for hydroxylation is 1. The zero-order valence-corrected chi connectivity index (χ0v) is 16.1. The molecule has 2 aliphatic rings. The molecule has 0 aliphatic carbocycles. The van der Waals surface area contributed by atoms with Crippen molar-refractivity contribution in [2.75, 3.05) is 30.4 Å². The average Bonchev–Trinajstić information content (AvgIpc) is 3.24. The van der Waals surface area contributed by atoms with E-state index >= 15 is 0 Å². The summed E-state index contributed by atoms with van der Waals surface area (Å²) in [5.74, 6) is 0.513. The van der Waals surface area contributed by atoms with E-state index in [1.165, 1.54) is 23.1 Å². The lowest BCUT2D eigenvalue weighted by atomic mass is 10.1. The van der Waals surface area contributed by atoms with Crippen LogP contribution in [0.15, 0.2) is 9.72 Å². The standard InChI is InChI=1S/C15H22N2O4S3/c1-11-8-22-15(16-11)23-9-14(18)17(7-13-3-2-5-21-13)12-4-6-24(19,20)10-12/h8,12-13H,2-7,9-10H2,1H3/t12-,13+/m0/s1. The molecule has 24 heavy (non-hydrogen) atoms. The maximum atomic E-state index is 12.7. The van der Waals surface area contributed by atoms with Crippen molar-refractivity contribution >= 4 is 38.8 Å². The number of carbonyl (C=O) groups excluding carboxylic acids is 1. The Hall–Kier alpha value is -0.640. The molecule has 9 heteroatoms. The quantitative estimate of drug-likeness (QED) is 0.689. The van der Waals surface area contributed by atoms with E-state index in [2.05, 4.69) is 4.98 Å². The van der Waals surface area contributed by atoms with Gasteiger partial charge in [0.25, 0.3) is 0 Å². The summed E-state index contributed by atoms with van der Waals surface area (Å²) in [4.78, 5) is 18.8. The molecule has 6 nitrogen and oxygen atoms in total. The van der Waals surface area contributed by atoms with E-state index in [1.807, 2.05) is 12.3 Å². The van der Waals surface area contributed by atoms with E-state index in [0.29, 0.717) is 13.0 Å². The molecule has 2 saturated heterocycles. The predicted octanol–water partition coefficient (Wildman–Crippen LogP) is 1.74. The van der Waals surface area contributed by atoms with Crippen molar-refractivity contribution in [3.8, 4) is 0 Å². The van der Waals surface area contributed by atoms with Gasteiger partial charge in [0, 0.05) is 30.3 Å². The van der Waals surface area contributed by atoms with Crippen molar-refractivity contribution in [2.24, 2.45) is 0 Å². The molecule has 0 radical (unpaired) electrons. The van der Waals surface area contributed by atoms with Crippen LogP contribution >= 0.6 is 23.1 Å². The summed E-state index contributed by atoms with van der Waals surface area (Å²) < 4.78 is 30.1. The molecular weight excluding hydrogens is 368 g/mol. The van der Waals surface area contributed by atoms with E-state index in [4.69, 9.17) is 4.74 Å². The number of aromatic nitrogens is 1. The van der Waals surface area contributed by atoms with Gasteiger partial charge in [0.1, 0.15) is 0 Å². The number of rotatable bonds is 6. The van der Waals surface area contributed by atoms with Crippen LogP contribution in [0.4, 0.5) is 0 Å². The SMILES string of the molecule is Cc1csc(SCC(=O)N(C[C@H]2CCCO2)[C@H]2CCS(=O)(=O)C2)n1. The largest absolute Gasteiger partial charge is 0.376 e. The normalized spacial score (nSPS) is 25.9. The van der Waals surface area contributed by atoms with Gasteiger partial charge < -0.3 is 9.64 Å². The number of hydrogen-bond donors (Lipinski definition) is 0. The molecule has 1 amide bonds. The van der Waals surface area contributed by atoms with Crippen molar-refractivity contribution in [1.82, 2.24) is 9.88 Å². The number of sulfone groups is 1.